The second-order valence-electron chi connectivity index (χ2n) is 19.7. The number of aliphatic carboxylic acids is 2. The first-order valence-corrected chi connectivity index (χ1v) is 25.8. The summed E-state index contributed by atoms with van der Waals surface area (Å²) in [6.07, 6.45) is 2.27. The van der Waals surface area contributed by atoms with Crippen LogP contribution in [-0.2, 0) is 65.6 Å². The van der Waals surface area contributed by atoms with Gasteiger partial charge in [-0.2, -0.15) is 12.6 Å². The molecule has 2 aromatic rings. The normalized spacial score (nSPS) is 15.2. The molecule has 14 N–H and O–H groups in total. The van der Waals surface area contributed by atoms with Gasteiger partial charge in [-0.15, -0.1) is 0 Å². The molecular weight excluding hydrogens is 1010 g/mol. The number of carboxylic acids is 2. The van der Waals surface area contributed by atoms with Crippen LogP contribution in [0.4, 0.5) is 0 Å². The fraction of sp³-hybridized carbons (Fsp3) is 0.600. The number of aromatic nitrogens is 2. The predicted molar refractivity (Wildman–Crippen MR) is 281 cm³/mol. The number of amides is 9. The Kier molecular flexibility index (Phi) is 27.7. The number of carbonyl (C=O) groups is 11. The Balaban J connectivity index is 2.32. The molecule has 0 aliphatic heterocycles. The molecule has 0 saturated carbocycles. The fourth-order valence-corrected chi connectivity index (χ4v) is 7.81. The van der Waals surface area contributed by atoms with E-state index in [0.717, 1.165) is 0 Å². The summed E-state index contributed by atoms with van der Waals surface area (Å²) in [4.78, 5) is 153. The number of H-pyrrole nitrogens is 1. The maximum atomic E-state index is 14.1. The average molecular weight is 1090 g/mol. The number of aromatic amines is 1. The van der Waals surface area contributed by atoms with Gasteiger partial charge in [-0.1, -0.05) is 92.1 Å². The number of thiol groups is 1. The lowest BCUT2D eigenvalue weighted by molar-refractivity contribution is -0.144. The van der Waals surface area contributed by atoms with Gasteiger partial charge in [0.2, 0.25) is 53.2 Å². The number of benzene rings is 1. The Bertz CT molecular complexity index is 2290. The van der Waals surface area contributed by atoms with Gasteiger partial charge in [0.1, 0.15) is 54.4 Å². The quantitative estimate of drug-likeness (QED) is 0.0374. The molecule has 10 atom stereocenters. The van der Waals surface area contributed by atoms with E-state index in [4.69, 9.17) is 5.73 Å². The van der Waals surface area contributed by atoms with E-state index in [1.54, 1.807) is 78.8 Å². The van der Waals surface area contributed by atoms with E-state index in [0.29, 0.717) is 17.7 Å². The molecular formula is C50H78N12O13S. The number of nitrogens with one attached hydrogen (secondary N) is 10. The minimum Gasteiger partial charge on any atom is -0.481 e. The molecule has 0 unspecified atom stereocenters. The van der Waals surface area contributed by atoms with E-state index in [1.165, 1.54) is 19.4 Å². The van der Waals surface area contributed by atoms with Crippen molar-refractivity contribution in [1.82, 2.24) is 57.8 Å². The number of nitrogens with zero attached hydrogens (tertiary/aromatic N) is 1. The van der Waals surface area contributed by atoms with Crippen molar-refractivity contribution >= 4 is 77.7 Å². The van der Waals surface area contributed by atoms with Gasteiger partial charge in [0.15, 0.2) is 0 Å². The first kappa shape index (κ1) is 65.0. The van der Waals surface area contributed by atoms with Gasteiger partial charge in [-0.05, 0) is 49.0 Å². The lowest BCUT2D eigenvalue weighted by Gasteiger charge is -2.29. The molecule has 0 saturated heterocycles. The summed E-state index contributed by atoms with van der Waals surface area (Å²) in [5, 5.41) is 42.1. The minimum atomic E-state index is -1.51. The first-order chi connectivity index (χ1) is 35.7. The zero-order valence-electron chi connectivity index (χ0n) is 44.6. The number of nitrogens with two attached hydrogens (primary N) is 1. The minimum absolute atomic E-state index is 0.0770. The third kappa shape index (κ3) is 22.0. The van der Waals surface area contributed by atoms with Gasteiger partial charge >= 0.3 is 11.9 Å². The molecule has 0 spiro atoms. The van der Waals surface area contributed by atoms with Crippen LogP contribution in [0.2, 0.25) is 0 Å². The second-order valence-corrected chi connectivity index (χ2v) is 20.1. The first-order valence-electron chi connectivity index (χ1n) is 25.2. The molecule has 9 amide bonds. The largest absolute Gasteiger partial charge is 0.481 e. The summed E-state index contributed by atoms with van der Waals surface area (Å²) in [5.74, 6) is -11.8. The monoisotopic (exact) mass is 1090 g/mol. The summed E-state index contributed by atoms with van der Waals surface area (Å²) in [6.45, 7) is 14.4. The maximum absolute atomic E-state index is 14.1. The fourth-order valence-electron chi connectivity index (χ4n) is 7.55. The Morgan fingerprint density at radius 1 is 0.592 bits per heavy atom. The van der Waals surface area contributed by atoms with Crippen LogP contribution in [0.5, 0.6) is 0 Å². The standard InChI is InChI=1S/C50H78N12O13S/c1-10-28(8)41(60-37(63)21-51)49(73)58-35(20-31-22-52-24-53-31)45(69)56-33(18-25(2)3)44(68)54-29(9)42(66)59-36(23-76)47(71)57-34(19-30-14-12-11-13-15-30)46(70)61-39(26(4)5)48(72)55-32(16-17-38(64)65)43(67)62-40(27(6)7)50(74)75/h11-15,22,24-29,32-36,39-41,76H,10,16-21,23,51H2,1-9H3,(H,52,53)(H,54,68)(H,55,72)(H,56,69)(H,57,71)(H,58,73)(H,59,66)(H,60,63)(H,61,70)(H,62,67)(H,64,65)(H,74,75)/t28-,29-,32-,33-,34-,35-,36-,39-,40-,41-/m0/s1. The Hall–Kier alpha value is -7.09. The van der Waals surface area contributed by atoms with Crippen molar-refractivity contribution in [3.63, 3.8) is 0 Å². The van der Waals surface area contributed by atoms with Crippen molar-refractivity contribution in [3.05, 3.63) is 54.1 Å². The van der Waals surface area contributed by atoms with E-state index < -0.39 is 144 Å². The zero-order valence-corrected chi connectivity index (χ0v) is 45.5. The van der Waals surface area contributed by atoms with Crippen molar-refractivity contribution in [2.75, 3.05) is 12.3 Å². The van der Waals surface area contributed by atoms with Crippen molar-refractivity contribution in [2.45, 2.75) is 155 Å². The van der Waals surface area contributed by atoms with Crippen LogP contribution >= 0.6 is 12.6 Å². The lowest BCUT2D eigenvalue weighted by Crippen LogP contribution is -2.61. The zero-order chi connectivity index (χ0) is 57.4. The Morgan fingerprint density at radius 3 is 1.62 bits per heavy atom. The lowest BCUT2D eigenvalue weighted by atomic mass is 9.97. The SMILES string of the molecule is CC[C@H](C)[C@H](NC(=O)CN)C(=O)N[C@@H](Cc1cnc[nH]1)C(=O)N[C@@H](CC(C)C)C(=O)N[C@@H](C)C(=O)N[C@@H](CS)C(=O)N[C@@H](Cc1ccccc1)C(=O)N[C@H](C(=O)N[C@@H](CCC(=O)O)C(=O)N[C@H](C(=O)O)C(C)C)C(C)C. The van der Waals surface area contributed by atoms with E-state index in [-0.39, 0.29) is 43.4 Å². The average Bonchev–Trinajstić information content (AvgIpc) is 3.88. The number of hydrogen-bond acceptors (Lipinski definition) is 14. The summed E-state index contributed by atoms with van der Waals surface area (Å²) < 4.78 is 0. The molecule has 422 valence electrons. The van der Waals surface area contributed by atoms with Gasteiger partial charge in [-0.3, -0.25) is 47.9 Å². The number of imidazole rings is 1. The van der Waals surface area contributed by atoms with Crippen LogP contribution < -0.4 is 53.6 Å². The highest BCUT2D eigenvalue weighted by Gasteiger charge is 2.36. The molecule has 26 heteroatoms. The van der Waals surface area contributed by atoms with E-state index in [2.05, 4.69) is 70.4 Å². The summed E-state index contributed by atoms with van der Waals surface area (Å²) >= 11 is 4.28. The highest BCUT2D eigenvalue weighted by Crippen LogP contribution is 2.13. The van der Waals surface area contributed by atoms with Gasteiger partial charge in [-0.25, -0.2) is 9.78 Å². The summed E-state index contributed by atoms with van der Waals surface area (Å²) in [6, 6.07) is -3.35. The molecule has 76 heavy (non-hydrogen) atoms. The molecule has 0 aliphatic rings. The van der Waals surface area contributed by atoms with Gasteiger partial charge in [0.05, 0.1) is 12.9 Å². The van der Waals surface area contributed by atoms with E-state index in [9.17, 15) is 63.0 Å². The van der Waals surface area contributed by atoms with E-state index >= 15 is 0 Å². The van der Waals surface area contributed by atoms with Gasteiger partial charge < -0.3 is 68.8 Å². The second kappa shape index (κ2) is 32.4. The van der Waals surface area contributed by atoms with Gasteiger partial charge in [0.25, 0.3) is 0 Å². The number of hydrogen-bond donors (Lipinski definition) is 14. The third-order valence-electron chi connectivity index (χ3n) is 12.2. The van der Waals surface area contributed by atoms with Crippen LogP contribution in [0.25, 0.3) is 0 Å². The Labute approximate surface area is 448 Å². The topological polar surface area (TPSA) is 391 Å². The Morgan fingerprint density at radius 2 is 1.09 bits per heavy atom. The highest BCUT2D eigenvalue weighted by atomic mass is 32.1. The van der Waals surface area contributed by atoms with Crippen molar-refractivity contribution in [2.24, 2.45) is 29.4 Å². The number of rotatable bonds is 33. The van der Waals surface area contributed by atoms with Crippen LogP contribution in [0.3, 0.4) is 0 Å². The molecule has 1 heterocycles. The third-order valence-corrected chi connectivity index (χ3v) is 12.6. The molecule has 1 aromatic heterocycles. The van der Waals surface area contributed by atoms with Crippen LogP contribution in [0, 0.1) is 23.7 Å². The van der Waals surface area contributed by atoms with Crippen LogP contribution in [-0.4, -0.2) is 152 Å². The molecule has 0 bridgehead atoms. The molecule has 2 rings (SSSR count). The summed E-state index contributed by atoms with van der Waals surface area (Å²) in [5.41, 5.74) is 6.55. The predicted octanol–water partition coefficient (Wildman–Crippen LogP) is -1.18. The maximum Gasteiger partial charge on any atom is 0.326 e. The molecule has 0 aliphatic carbocycles. The van der Waals surface area contributed by atoms with Crippen molar-refractivity contribution < 1.29 is 63.0 Å². The number of carboxylic acid groups (broad SMARTS) is 2. The highest BCUT2D eigenvalue weighted by molar-refractivity contribution is 7.80. The molecule has 0 radical (unpaired) electrons. The van der Waals surface area contributed by atoms with Gasteiger partial charge in [0, 0.05) is 36.9 Å². The molecule has 25 nitrogen and oxygen atoms in total. The molecule has 1 aromatic carbocycles. The summed E-state index contributed by atoms with van der Waals surface area (Å²) in [7, 11) is 0. The smallest absolute Gasteiger partial charge is 0.326 e. The van der Waals surface area contributed by atoms with Crippen LogP contribution in [0.15, 0.2) is 42.9 Å². The molecule has 0 fully saturated rings. The number of carbonyl (C=O) groups excluding carboxylic acids is 9. The van der Waals surface area contributed by atoms with Crippen molar-refractivity contribution in [3.8, 4) is 0 Å². The van der Waals surface area contributed by atoms with Crippen molar-refractivity contribution in [1.29, 1.82) is 0 Å². The van der Waals surface area contributed by atoms with Crippen LogP contribution in [0.1, 0.15) is 99.3 Å². The van der Waals surface area contributed by atoms with E-state index in [1.807, 2.05) is 6.92 Å².